The fourth-order valence-electron chi connectivity index (χ4n) is 3.29. The van der Waals surface area contributed by atoms with Crippen LogP contribution in [0.25, 0.3) is 11.4 Å². The zero-order valence-electron chi connectivity index (χ0n) is 14.6. The molecule has 0 spiro atoms. The molecule has 5 heteroatoms. The Morgan fingerprint density at radius 2 is 1.72 bits per heavy atom. The fourth-order valence-corrected chi connectivity index (χ4v) is 3.29. The number of aromatic nitrogens is 3. The van der Waals surface area contributed by atoms with E-state index in [0.29, 0.717) is 0 Å². The van der Waals surface area contributed by atoms with Gasteiger partial charge in [-0.1, -0.05) is 18.2 Å². The van der Waals surface area contributed by atoms with Crippen LogP contribution in [0.15, 0.2) is 54.9 Å². The Morgan fingerprint density at radius 3 is 2.44 bits per heavy atom. The molecule has 2 aromatic heterocycles. The summed E-state index contributed by atoms with van der Waals surface area (Å²) in [4.78, 5) is 18.3. The molecule has 0 saturated heterocycles. The minimum absolute atomic E-state index is 0.743. The first kappa shape index (κ1) is 15.6. The molecular formula is C20H21N5. The minimum atomic E-state index is 0.743. The summed E-state index contributed by atoms with van der Waals surface area (Å²) < 4.78 is 0. The molecule has 0 saturated carbocycles. The van der Waals surface area contributed by atoms with Crippen molar-refractivity contribution in [3.8, 4) is 11.4 Å². The zero-order valence-corrected chi connectivity index (χ0v) is 14.6. The van der Waals surface area contributed by atoms with Crippen LogP contribution in [0.3, 0.4) is 0 Å². The van der Waals surface area contributed by atoms with E-state index in [1.54, 1.807) is 12.4 Å². The molecule has 25 heavy (non-hydrogen) atoms. The number of fused-ring (bicyclic) bond motifs is 1. The highest BCUT2D eigenvalue weighted by molar-refractivity contribution is 5.72. The van der Waals surface area contributed by atoms with Gasteiger partial charge in [0.1, 0.15) is 11.6 Å². The predicted molar refractivity (Wildman–Crippen MR) is 101 cm³/mol. The van der Waals surface area contributed by atoms with Gasteiger partial charge in [-0.05, 0) is 37.1 Å². The van der Waals surface area contributed by atoms with Gasteiger partial charge in [-0.15, -0.1) is 0 Å². The Balaban J connectivity index is 1.90. The lowest BCUT2D eigenvalue weighted by Gasteiger charge is -2.32. The molecule has 3 heterocycles. The van der Waals surface area contributed by atoms with Gasteiger partial charge in [0.25, 0.3) is 0 Å². The number of hydrogen-bond acceptors (Lipinski definition) is 5. The number of anilines is 3. The van der Waals surface area contributed by atoms with Crippen LogP contribution in [0.5, 0.6) is 0 Å². The van der Waals surface area contributed by atoms with Crippen LogP contribution < -0.4 is 9.80 Å². The van der Waals surface area contributed by atoms with E-state index < -0.39 is 0 Å². The first-order valence-corrected chi connectivity index (χ1v) is 8.55. The summed E-state index contributed by atoms with van der Waals surface area (Å²) in [6.07, 6.45) is 5.66. The average Bonchev–Trinajstić information content (AvgIpc) is 2.68. The van der Waals surface area contributed by atoms with Crippen molar-refractivity contribution in [2.24, 2.45) is 0 Å². The zero-order chi connectivity index (χ0) is 17.2. The van der Waals surface area contributed by atoms with Gasteiger partial charge in [0, 0.05) is 49.8 Å². The Labute approximate surface area is 148 Å². The lowest BCUT2D eigenvalue weighted by molar-refractivity contribution is 0.744. The molecule has 1 aliphatic heterocycles. The quantitative estimate of drug-likeness (QED) is 0.732. The second-order valence-electron chi connectivity index (χ2n) is 6.39. The van der Waals surface area contributed by atoms with E-state index >= 15 is 0 Å². The summed E-state index contributed by atoms with van der Waals surface area (Å²) in [5.41, 5.74) is 3.38. The minimum Gasteiger partial charge on any atom is -0.362 e. The first-order chi connectivity index (χ1) is 12.2. The molecule has 0 fully saturated rings. The number of nitrogens with zero attached hydrogens (tertiary/aromatic N) is 5. The van der Waals surface area contributed by atoms with E-state index in [0.717, 1.165) is 42.4 Å². The molecule has 0 aliphatic carbocycles. The van der Waals surface area contributed by atoms with E-state index in [9.17, 15) is 0 Å². The van der Waals surface area contributed by atoms with Crippen LogP contribution in [0, 0.1) is 0 Å². The lowest BCUT2D eigenvalue weighted by Crippen LogP contribution is -2.28. The molecule has 0 unspecified atom stereocenters. The van der Waals surface area contributed by atoms with E-state index in [1.807, 2.05) is 32.3 Å². The third-order valence-electron chi connectivity index (χ3n) is 4.46. The number of rotatable bonds is 3. The van der Waals surface area contributed by atoms with Crippen molar-refractivity contribution >= 4 is 17.3 Å². The fraction of sp³-hybridized carbons (Fsp3) is 0.250. The van der Waals surface area contributed by atoms with Gasteiger partial charge >= 0.3 is 0 Å². The monoisotopic (exact) mass is 331 g/mol. The van der Waals surface area contributed by atoms with Crippen LogP contribution >= 0.6 is 0 Å². The van der Waals surface area contributed by atoms with Gasteiger partial charge in [-0.2, -0.15) is 0 Å². The van der Waals surface area contributed by atoms with Gasteiger partial charge in [0.2, 0.25) is 0 Å². The van der Waals surface area contributed by atoms with E-state index in [4.69, 9.17) is 9.97 Å². The smallest absolute Gasteiger partial charge is 0.164 e. The Hall–Kier alpha value is -2.95. The molecule has 0 bridgehead atoms. The second kappa shape index (κ2) is 6.51. The molecule has 126 valence electrons. The van der Waals surface area contributed by atoms with Crippen molar-refractivity contribution in [1.29, 1.82) is 0 Å². The van der Waals surface area contributed by atoms with E-state index in [2.05, 4.69) is 39.0 Å². The van der Waals surface area contributed by atoms with Crippen LogP contribution in [-0.2, 0) is 6.42 Å². The maximum atomic E-state index is 4.94. The largest absolute Gasteiger partial charge is 0.362 e. The molecule has 4 rings (SSSR count). The summed E-state index contributed by atoms with van der Waals surface area (Å²) in [6, 6.07) is 14.4. The number of pyridine rings is 1. The maximum Gasteiger partial charge on any atom is 0.164 e. The molecule has 0 amide bonds. The second-order valence-corrected chi connectivity index (χ2v) is 6.39. The molecule has 0 N–H and O–H groups in total. The summed E-state index contributed by atoms with van der Waals surface area (Å²) in [7, 11) is 4.08. The highest BCUT2D eigenvalue weighted by Gasteiger charge is 2.25. The Kier molecular flexibility index (Phi) is 4.06. The average molecular weight is 331 g/mol. The van der Waals surface area contributed by atoms with Gasteiger partial charge in [-0.3, -0.25) is 4.98 Å². The number of hydrogen-bond donors (Lipinski definition) is 0. The highest BCUT2D eigenvalue weighted by atomic mass is 15.2. The molecular weight excluding hydrogens is 310 g/mol. The molecule has 1 aliphatic rings. The van der Waals surface area contributed by atoms with Crippen molar-refractivity contribution in [3.05, 3.63) is 60.4 Å². The van der Waals surface area contributed by atoms with Crippen LogP contribution in [-0.4, -0.2) is 35.6 Å². The van der Waals surface area contributed by atoms with Crippen LogP contribution in [0.2, 0.25) is 0 Å². The molecule has 1 aromatic carbocycles. The molecule has 0 atom stereocenters. The molecule has 0 radical (unpaired) electrons. The van der Waals surface area contributed by atoms with Gasteiger partial charge in [0.05, 0.1) is 0 Å². The normalized spacial score (nSPS) is 13.4. The van der Waals surface area contributed by atoms with Crippen LogP contribution in [0.4, 0.5) is 17.3 Å². The summed E-state index contributed by atoms with van der Waals surface area (Å²) in [5, 5.41) is 0. The maximum absolute atomic E-state index is 4.94. The third kappa shape index (κ3) is 2.93. The summed E-state index contributed by atoms with van der Waals surface area (Å²) in [5.74, 6) is 2.76. The first-order valence-electron chi connectivity index (χ1n) is 8.55. The molecule has 5 nitrogen and oxygen atoms in total. The SMILES string of the molecule is CN(C)c1nc(-c2ccncc2)nc2c1CCCN2c1ccccc1. The van der Waals surface area contributed by atoms with Gasteiger partial charge < -0.3 is 9.80 Å². The van der Waals surface area contributed by atoms with Crippen molar-refractivity contribution in [2.75, 3.05) is 30.4 Å². The standard InChI is InChI=1S/C20H21N5/c1-24(2)19-17-9-6-14-25(16-7-4-3-5-8-16)20(17)23-18(22-19)15-10-12-21-13-11-15/h3-5,7-8,10-13H,6,9,14H2,1-2H3. The van der Waals surface area contributed by atoms with Crippen molar-refractivity contribution in [2.45, 2.75) is 12.8 Å². The highest BCUT2D eigenvalue weighted by Crippen LogP contribution is 2.37. The van der Waals surface area contributed by atoms with Crippen molar-refractivity contribution in [3.63, 3.8) is 0 Å². The Bertz CT molecular complexity index is 862. The summed E-state index contributed by atoms with van der Waals surface area (Å²) in [6.45, 7) is 0.969. The van der Waals surface area contributed by atoms with E-state index in [1.165, 1.54) is 11.3 Å². The van der Waals surface area contributed by atoms with Crippen molar-refractivity contribution < 1.29 is 0 Å². The van der Waals surface area contributed by atoms with Crippen molar-refractivity contribution in [1.82, 2.24) is 15.0 Å². The van der Waals surface area contributed by atoms with Crippen LogP contribution in [0.1, 0.15) is 12.0 Å². The number of para-hydroxylation sites is 1. The van der Waals surface area contributed by atoms with Gasteiger partial charge in [0.15, 0.2) is 5.82 Å². The topological polar surface area (TPSA) is 45.2 Å². The van der Waals surface area contributed by atoms with E-state index in [-0.39, 0.29) is 0 Å². The lowest BCUT2D eigenvalue weighted by atomic mass is 10.0. The number of benzene rings is 1. The molecule has 3 aromatic rings. The van der Waals surface area contributed by atoms with Gasteiger partial charge in [-0.25, -0.2) is 9.97 Å². The third-order valence-corrected chi connectivity index (χ3v) is 4.46. The Morgan fingerprint density at radius 1 is 0.960 bits per heavy atom. The summed E-state index contributed by atoms with van der Waals surface area (Å²) >= 11 is 0. The predicted octanol–water partition coefficient (Wildman–Crippen LogP) is 3.69.